The van der Waals surface area contributed by atoms with Crippen LogP contribution >= 0.6 is 0 Å². The maximum Gasteiger partial charge on any atom is 0.246 e. The fourth-order valence-corrected chi connectivity index (χ4v) is 3.65. The lowest BCUT2D eigenvalue weighted by Gasteiger charge is -2.29. The van der Waals surface area contributed by atoms with Crippen LogP contribution in [0.3, 0.4) is 0 Å². The molecule has 1 saturated heterocycles. The number of rotatable bonds is 6. The maximum absolute atomic E-state index is 12.6. The first-order chi connectivity index (χ1) is 10.1. The summed E-state index contributed by atoms with van der Waals surface area (Å²) in [6.45, 7) is 5.06. The van der Waals surface area contributed by atoms with Crippen LogP contribution in [-0.2, 0) is 10.0 Å². The first kappa shape index (κ1) is 16.2. The van der Waals surface area contributed by atoms with Crippen LogP contribution in [0, 0.1) is 0 Å². The molecule has 0 spiro atoms. The number of para-hydroxylation sites is 1. The lowest BCUT2D eigenvalue weighted by atomic mass is 10.3. The zero-order chi connectivity index (χ0) is 15.3. The minimum absolute atomic E-state index is 0.218. The van der Waals surface area contributed by atoms with Crippen molar-refractivity contribution in [2.45, 2.75) is 4.90 Å². The number of hydrogen-bond donors (Lipinski definition) is 1. The summed E-state index contributed by atoms with van der Waals surface area (Å²) in [5.41, 5.74) is 0. The number of ether oxygens (including phenoxy) is 1. The summed E-state index contributed by atoms with van der Waals surface area (Å²) in [4.78, 5) is 2.49. The highest BCUT2D eigenvalue weighted by molar-refractivity contribution is 7.89. The van der Waals surface area contributed by atoms with E-state index in [1.54, 1.807) is 31.3 Å². The van der Waals surface area contributed by atoms with Gasteiger partial charge in [-0.2, -0.15) is 4.31 Å². The first-order valence-electron chi connectivity index (χ1n) is 7.08. The molecule has 0 unspecified atom stereocenters. The van der Waals surface area contributed by atoms with Crippen molar-refractivity contribution in [3.63, 3.8) is 0 Å². The SMILES string of the molecule is COc1ccccc1S(=O)(=O)N(C)CCN1CCNCC1. The molecule has 0 saturated carbocycles. The first-order valence-corrected chi connectivity index (χ1v) is 8.52. The quantitative estimate of drug-likeness (QED) is 0.814. The van der Waals surface area contributed by atoms with Crippen LogP contribution < -0.4 is 10.1 Å². The molecule has 0 amide bonds. The van der Waals surface area contributed by atoms with E-state index in [1.807, 2.05) is 0 Å². The van der Waals surface area contributed by atoms with Crippen molar-refractivity contribution in [1.29, 1.82) is 0 Å². The standard InChI is InChI=1S/C14H23N3O3S/c1-16(11-12-17-9-7-15-8-10-17)21(18,19)14-6-4-3-5-13(14)20-2/h3-6,15H,7-12H2,1-2H3. The molecule has 7 heteroatoms. The van der Waals surface area contributed by atoms with E-state index in [4.69, 9.17) is 4.74 Å². The maximum atomic E-state index is 12.6. The Kier molecular flexibility index (Phi) is 5.58. The van der Waals surface area contributed by atoms with Gasteiger partial charge in [0.2, 0.25) is 10.0 Å². The van der Waals surface area contributed by atoms with Crippen LogP contribution in [0.25, 0.3) is 0 Å². The average Bonchev–Trinajstić information content (AvgIpc) is 2.53. The fourth-order valence-electron chi connectivity index (χ4n) is 2.34. The van der Waals surface area contributed by atoms with E-state index in [0.29, 0.717) is 12.3 Å². The Morgan fingerprint density at radius 1 is 1.29 bits per heavy atom. The Labute approximate surface area is 126 Å². The summed E-state index contributed by atoms with van der Waals surface area (Å²) < 4.78 is 31.7. The van der Waals surface area contributed by atoms with E-state index >= 15 is 0 Å². The topological polar surface area (TPSA) is 61.9 Å². The Balaban J connectivity index is 2.04. The number of benzene rings is 1. The van der Waals surface area contributed by atoms with Crippen LogP contribution in [-0.4, -0.2) is 71.0 Å². The predicted octanol–water partition coefficient (Wildman–Crippen LogP) is 0.221. The van der Waals surface area contributed by atoms with Gasteiger partial charge in [-0.3, -0.25) is 4.90 Å². The normalized spacial score (nSPS) is 17.1. The molecule has 1 N–H and O–H groups in total. The van der Waals surface area contributed by atoms with E-state index in [0.717, 1.165) is 32.7 Å². The van der Waals surface area contributed by atoms with Gasteiger partial charge in [-0.05, 0) is 12.1 Å². The molecular formula is C14H23N3O3S. The van der Waals surface area contributed by atoms with Crippen molar-refractivity contribution in [3.05, 3.63) is 24.3 Å². The molecule has 1 heterocycles. The van der Waals surface area contributed by atoms with Gasteiger partial charge < -0.3 is 10.1 Å². The second-order valence-corrected chi connectivity index (χ2v) is 7.08. The molecule has 1 aliphatic heterocycles. The molecule has 1 aromatic carbocycles. The summed E-state index contributed by atoms with van der Waals surface area (Å²) in [7, 11) is -0.420. The van der Waals surface area contributed by atoms with Crippen molar-refractivity contribution in [2.24, 2.45) is 0 Å². The zero-order valence-electron chi connectivity index (χ0n) is 12.6. The molecule has 1 fully saturated rings. The zero-order valence-corrected chi connectivity index (χ0v) is 13.4. The molecule has 1 aliphatic rings. The Bertz CT molecular complexity index is 556. The highest BCUT2D eigenvalue weighted by Crippen LogP contribution is 2.25. The number of piperazine rings is 1. The van der Waals surface area contributed by atoms with Crippen molar-refractivity contribution < 1.29 is 13.2 Å². The smallest absolute Gasteiger partial charge is 0.246 e. The van der Waals surface area contributed by atoms with Gasteiger partial charge in [-0.1, -0.05) is 12.1 Å². The van der Waals surface area contributed by atoms with Crippen LogP contribution in [0.1, 0.15) is 0 Å². The molecule has 118 valence electrons. The van der Waals surface area contributed by atoms with E-state index in [2.05, 4.69) is 10.2 Å². The second kappa shape index (κ2) is 7.22. The van der Waals surface area contributed by atoms with Gasteiger partial charge in [-0.15, -0.1) is 0 Å². The number of nitrogens with zero attached hydrogens (tertiary/aromatic N) is 2. The van der Waals surface area contributed by atoms with Gasteiger partial charge >= 0.3 is 0 Å². The Morgan fingerprint density at radius 2 is 1.95 bits per heavy atom. The van der Waals surface area contributed by atoms with Gasteiger partial charge in [0.25, 0.3) is 0 Å². The molecule has 0 radical (unpaired) electrons. The molecule has 6 nitrogen and oxygen atoms in total. The van der Waals surface area contributed by atoms with E-state index < -0.39 is 10.0 Å². The lowest BCUT2D eigenvalue weighted by Crippen LogP contribution is -2.46. The monoisotopic (exact) mass is 313 g/mol. The number of hydrogen-bond acceptors (Lipinski definition) is 5. The molecule has 0 atom stereocenters. The summed E-state index contributed by atoms with van der Waals surface area (Å²) in [6, 6.07) is 6.71. The molecular weight excluding hydrogens is 290 g/mol. The minimum atomic E-state index is -3.52. The molecule has 21 heavy (non-hydrogen) atoms. The highest BCUT2D eigenvalue weighted by Gasteiger charge is 2.24. The summed E-state index contributed by atoms with van der Waals surface area (Å²) >= 11 is 0. The van der Waals surface area contributed by atoms with Gasteiger partial charge in [0.05, 0.1) is 7.11 Å². The second-order valence-electron chi connectivity index (χ2n) is 5.07. The number of likely N-dealkylation sites (N-methyl/N-ethyl adjacent to an activating group) is 1. The molecule has 0 bridgehead atoms. The molecule has 2 rings (SSSR count). The van der Waals surface area contributed by atoms with Gasteiger partial charge in [0.15, 0.2) is 0 Å². The van der Waals surface area contributed by atoms with Crippen molar-refractivity contribution >= 4 is 10.0 Å². The van der Waals surface area contributed by atoms with Crippen LogP contribution in [0.4, 0.5) is 0 Å². The summed E-state index contributed by atoms with van der Waals surface area (Å²) in [5.74, 6) is 0.381. The fraction of sp³-hybridized carbons (Fsp3) is 0.571. The third kappa shape index (κ3) is 3.94. The van der Waals surface area contributed by atoms with E-state index in [9.17, 15) is 8.42 Å². The summed E-state index contributed by atoms with van der Waals surface area (Å²) in [6.07, 6.45) is 0. The molecule has 0 aromatic heterocycles. The van der Waals surface area contributed by atoms with E-state index in [-0.39, 0.29) is 4.90 Å². The minimum Gasteiger partial charge on any atom is -0.495 e. The lowest BCUT2D eigenvalue weighted by molar-refractivity contribution is 0.229. The van der Waals surface area contributed by atoms with Crippen LogP contribution in [0.15, 0.2) is 29.2 Å². The summed E-state index contributed by atoms with van der Waals surface area (Å²) in [5, 5.41) is 3.28. The van der Waals surface area contributed by atoms with Crippen molar-refractivity contribution in [3.8, 4) is 5.75 Å². The molecule has 0 aliphatic carbocycles. The number of sulfonamides is 1. The number of methoxy groups -OCH3 is 1. The van der Waals surface area contributed by atoms with Crippen LogP contribution in [0.5, 0.6) is 5.75 Å². The highest BCUT2D eigenvalue weighted by atomic mass is 32.2. The van der Waals surface area contributed by atoms with Gasteiger partial charge in [-0.25, -0.2) is 8.42 Å². The largest absolute Gasteiger partial charge is 0.495 e. The van der Waals surface area contributed by atoms with Gasteiger partial charge in [0, 0.05) is 46.3 Å². The average molecular weight is 313 g/mol. The van der Waals surface area contributed by atoms with Gasteiger partial charge in [0.1, 0.15) is 10.6 Å². The Morgan fingerprint density at radius 3 is 2.62 bits per heavy atom. The van der Waals surface area contributed by atoms with E-state index in [1.165, 1.54) is 11.4 Å². The third-order valence-electron chi connectivity index (χ3n) is 3.70. The van der Waals surface area contributed by atoms with Crippen molar-refractivity contribution in [2.75, 3.05) is 53.4 Å². The third-order valence-corrected chi connectivity index (χ3v) is 5.59. The molecule has 1 aromatic rings. The number of nitrogens with one attached hydrogen (secondary N) is 1. The Hall–Kier alpha value is -1.15. The van der Waals surface area contributed by atoms with Crippen LogP contribution in [0.2, 0.25) is 0 Å². The predicted molar refractivity (Wildman–Crippen MR) is 82.1 cm³/mol. The van der Waals surface area contributed by atoms with Crippen molar-refractivity contribution in [1.82, 2.24) is 14.5 Å².